The van der Waals surface area contributed by atoms with Crippen LogP contribution < -0.4 is 4.74 Å². The topological polar surface area (TPSA) is 38.8 Å². The zero-order chi connectivity index (χ0) is 22.3. The fraction of sp³-hybridized carbons (Fsp3) is 0.519. The van der Waals surface area contributed by atoms with Crippen LogP contribution in [0.3, 0.4) is 0 Å². The summed E-state index contributed by atoms with van der Waals surface area (Å²) in [6, 6.07) is 13.0. The lowest BCUT2D eigenvalue weighted by atomic mass is 9.88. The van der Waals surface area contributed by atoms with Crippen molar-refractivity contribution in [3.05, 3.63) is 63.1 Å². The van der Waals surface area contributed by atoms with Crippen LogP contribution in [0.4, 0.5) is 0 Å². The molecule has 0 atom stereocenters. The third-order valence-corrected chi connectivity index (χ3v) is 7.47. The third-order valence-electron chi connectivity index (χ3n) is 6.81. The summed E-state index contributed by atoms with van der Waals surface area (Å²) in [6.07, 6.45) is 7.37. The molecule has 32 heavy (non-hydrogen) atoms. The van der Waals surface area contributed by atoms with Crippen LogP contribution in [0, 0.1) is 5.92 Å². The first-order valence-corrected chi connectivity index (χ1v) is 12.7. The molecule has 1 aliphatic heterocycles. The van der Waals surface area contributed by atoms with Gasteiger partial charge in [0, 0.05) is 25.6 Å². The van der Waals surface area contributed by atoms with E-state index in [1.165, 1.54) is 29.5 Å². The van der Waals surface area contributed by atoms with Crippen molar-refractivity contribution in [1.29, 1.82) is 0 Å². The number of fused-ring (bicyclic) bond motifs is 1. The smallest absolute Gasteiger partial charge is 0.163 e. The fourth-order valence-electron chi connectivity index (χ4n) is 4.89. The lowest BCUT2D eigenvalue weighted by Gasteiger charge is -2.32. The van der Waals surface area contributed by atoms with E-state index in [9.17, 15) is 4.79 Å². The number of nitrogens with zero attached hydrogens (tertiary/aromatic N) is 1. The predicted octanol–water partition coefficient (Wildman–Crippen LogP) is 5.49. The van der Waals surface area contributed by atoms with Crippen molar-refractivity contribution >= 4 is 21.7 Å². The van der Waals surface area contributed by atoms with E-state index in [2.05, 4.69) is 57.2 Å². The molecule has 2 aromatic carbocycles. The van der Waals surface area contributed by atoms with Gasteiger partial charge in [-0.25, -0.2) is 0 Å². The number of ketones is 1. The van der Waals surface area contributed by atoms with Gasteiger partial charge >= 0.3 is 0 Å². The Bertz CT molecular complexity index is 921. The van der Waals surface area contributed by atoms with Crippen molar-refractivity contribution < 1.29 is 14.3 Å². The molecule has 0 amide bonds. The molecule has 2 aromatic rings. The molecule has 1 fully saturated rings. The van der Waals surface area contributed by atoms with E-state index in [0.717, 1.165) is 67.0 Å². The molecule has 0 bridgehead atoms. The number of aryl methyl sites for hydroxylation is 1. The highest BCUT2D eigenvalue weighted by Crippen LogP contribution is 2.29. The first-order valence-electron chi connectivity index (χ1n) is 11.9. The van der Waals surface area contributed by atoms with Crippen LogP contribution in [0.2, 0.25) is 0 Å². The minimum atomic E-state index is 0.328. The lowest BCUT2D eigenvalue weighted by Crippen LogP contribution is -2.35. The lowest BCUT2D eigenvalue weighted by molar-refractivity contribution is 0.0972. The number of methoxy groups -OCH3 is 1. The number of hydrogen-bond donors (Lipinski definition) is 0. The quantitative estimate of drug-likeness (QED) is 0.427. The Balaban J connectivity index is 1.24. The molecule has 0 saturated carbocycles. The average molecular weight is 500 g/mol. The third kappa shape index (κ3) is 6.21. The van der Waals surface area contributed by atoms with E-state index in [1.54, 1.807) is 7.11 Å². The van der Waals surface area contributed by atoms with E-state index in [1.807, 2.05) is 0 Å². The Kier molecular flexibility index (Phi) is 8.39. The van der Waals surface area contributed by atoms with E-state index in [-0.39, 0.29) is 0 Å². The van der Waals surface area contributed by atoms with Crippen molar-refractivity contribution in [1.82, 2.24) is 4.90 Å². The van der Waals surface area contributed by atoms with E-state index in [0.29, 0.717) is 25.4 Å². The fourth-order valence-corrected chi connectivity index (χ4v) is 5.25. The van der Waals surface area contributed by atoms with Crippen molar-refractivity contribution in [3.63, 3.8) is 0 Å². The Morgan fingerprint density at radius 2 is 1.84 bits per heavy atom. The van der Waals surface area contributed by atoms with Crippen LogP contribution in [0.1, 0.15) is 52.7 Å². The zero-order valence-electron chi connectivity index (χ0n) is 19.1. The molecule has 0 radical (unpaired) electrons. The molecule has 1 saturated heterocycles. The van der Waals surface area contributed by atoms with Crippen LogP contribution in [0.15, 0.2) is 40.9 Å². The number of likely N-dealkylation sites (tertiary alicyclic amines) is 1. The normalized spacial score (nSPS) is 17.4. The molecule has 5 heteroatoms. The van der Waals surface area contributed by atoms with Crippen LogP contribution >= 0.6 is 15.9 Å². The molecule has 4 rings (SSSR count). The first-order chi connectivity index (χ1) is 15.6. The highest BCUT2D eigenvalue weighted by atomic mass is 79.9. The van der Waals surface area contributed by atoms with Gasteiger partial charge in [-0.3, -0.25) is 4.79 Å². The van der Waals surface area contributed by atoms with Gasteiger partial charge in [0.25, 0.3) is 0 Å². The summed E-state index contributed by atoms with van der Waals surface area (Å²) in [5.74, 6) is 1.95. The number of rotatable bonds is 9. The minimum absolute atomic E-state index is 0.328. The van der Waals surface area contributed by atoms with Gasteiger partial charge in [-0.05, 0) is 108 Å². The molecule has 4 nitrogen and oxygen atoms in total. The second-order valence-electron chi connectivity index (χ2n) is 9.11. The van der Waals surface area contributed by atoms with Crippen molar-refractivity contribution in [2.24, 2.45) is 5.92 Å². The molecule has 1 heterocycles. The number of hydrogen-bond acceptors (Lipinski definition) is 4. The summed E-state index contributed by atoms with van der Waals surface area (Å²) in [6.45, 7) is 4.55. The van der Waals surface area contributed by atoms with Crippen LogP contribution in [0.25, 0.3) is 0 Å². The van der Waals surface area contributed by atoms with Gasteiger partial charge in [-0.15, -0.1) is 0 Å². The number of ether oxygens (including phenoxy) is 2. The molecule has 1 aliphatic carbocycles. The van der Waals surface area contributed by atoms with E-state index >= 15 is 0 Å². The predicted molar refractivity (Wildman–Crippen MR) is 132 cm³/mol. The molecule has 2 aliphatic rings. The van der Waals surface area contributed by atoms with Crippen LogP contribution in [0.5, 0.6) is 5.75 Å². The highest BCUT2D eigenvalue weighted by Gasteiger charge is 2.21. The Hall–Kier alpha value is -1.69. The number of Topliss-reactive ketones (excluding diaryl/α,β-unsaturated/α-hetero) is 1. The second kappa shape index (κ2) is 11.4. The molecule has 0 spiro atoms. The molecule has 0 unspecified atom stereocenters. The molecule has 172 valence electrons. The monoisotopic (exact) mass is 499 g/mol. The van der Waals surface area contributed by atoms with Gasteiger partial charge < -0.3 is 14.4 Å². The van der Waals surface area contributed by atoms with Crippen molar-refractivity contribution in [2.45, 2.75) is 44.9 Å². The number of halogens is 1. The summed E-state index contributed by atoms with van der Waals surface area (Å²) >= 11 is 3.58. The SMILES string of the molecule is COCCOc1cc(CC2CCN(CCc3ccc4c(c3)C(=O)CCC4)CC2)ccc1Br. The van der Waals surface area contributed by atoms with Gasteiger partial charge in [0.15, 0.2) is 5.78 Å². The standard InChI is InChI=1S/C27H34BrNO3/c1-31-15-16-32-27-19-22(6-8-25(27)28)17-21-10-13-29(14-11-21)12-9-20-5-7-23-3-2-4-26(30)24(23)18-20/h5-8,18-19,21H,2-4,9-17H2,1H3. The van der Waals surface area contributed by atoms with E-state index in [4.69, 9.17) is 9.47 Å². The summed E-state index contributed by atoms with van der Waals surface area (Å²) in [5, 5.41) is 0. The highest BCUT2D eigenvalue weighted by molar-refractivity contribution is 9.10. The van der Waals surface area contributed by atoms with Gasteiger partial charge in [0.05, 0.1) is 11.1 Å². The van der Waals surface area contributed by atoms with Crippen LogP contribution in [-0.2, 0) is 24.0 Å². The maximum absolute atomic E-state index is 12.2. The van der Waals surface area contributed by atoms with Crippen LogP contribution in [-0.4, -0.2) is 50.6 Å². The number of benzene rings is 2. The molecular formula is C27H34BrNO3. The number of piperidine rings is 1. The minimum Gasteiger partial charge on any atom is -0.490 e. The maximum atomic E-state index is 12.2. The van der Waals surface area contributed by atoms with Crippen molar-refractivity contribution in [2.75, 3.05) is 40.0 Å². The average Bonchev–Trinajstić information content (AvgIpc) is 2.81. The Labute approximate surface area is 200 Å². The van der Waals surface area contributed by atoms with Crippen molar-refractivity contribution in [3.8, 4) is 5.75 Å². The van der Waals surface area contributed by atoms with Gasteiger partial charge in [-0.2, -0.15) is 0 Å². The summed E-state index contributed by atoms with van der Waals surface area (Å²) in [7, 11) is 1.69. The largest absolute Gasteiger partial charge is 0.490 e. The number of carbonyl (C=O) groups is 1. The number of carbonyl (C=O) groups excluding carboxylic acids is 1. The summed E-state index contributed by atoms with van der Waals surface area (Å²) in [4.78, 5) is 14.8. The summed E-state index contributed by atoms with van der Waals surface area (Å²) < 4.78 is 11.9. The van der Waals surface area contributed by atoms with Gasteiger partial charge in [-0.1, -0.05) is 18.2 Å². The molecular weight excluding hydrogens is 466 g/mol. The first kappa shape index (κ1) is 23.5. The van der Waals surface area contributed by atoms with E-state index < -0.39 is 0 Å². The van der Waals surface area contributed by atoms with Gasteiger partial charge in [0.1, 0.15) is 12.4 Å². The maximum Gasteiger partial charge on any atom is 0.163 e. The zero-order valence-corrected chi connectivity index (χ0v) is 20.7. The molecule has 0 N–H and O–H groups in total. The Morgan fingerprint density at radius 3 is 2.66 bits per heavy atom. The Morgan fingerprint density at radius 1 is 1.03 bits per heavy atom. The van der Waals surface area contributed by atoms with Gasteiger partial charge in [0.2, 0.25) is 0 Å². The second-order valence-corrected chi connectivity index (χ2v) is 9.97. The molecule has 0 aromatic heterocycles. The summed E-state index contributed by atoms with van der Waals surface area (Å²) in [5.41, 5.74) is 4.87.